The number of halogens is 1. The number of rotatable bonds is 12. The molecule has 0 radical (unpaired) electrons. The number of benzene rings is 2. The number of esters is 1. The Balaban J connectivity index is 1.61. The highest BCUT2D eigenvalue weighted by atomic mass is 35.5. The second-order valence-electron chi connectivity index (χ2n) is 10.6. The van der Waals surface area contributed by atoms with Gasteiger partial charge in [-0.2, -0.15) is 0 Å². The summed E-state index contributed by atoms with van der Waals surface area (Å²) >= 11 is 6.04. The normalized spacial score (nSPS) is 13.1. The summed E-state index contributed by atoms with van der Waals surface area (Å²) in [4.78, 5) is 39.8. The van der Waals surface area contributed by atoms with E-state index in [1.165, 1.54) is 0 Å². The first-order chi connectivity index (χ1) is 19.1. The summed E-state index contributed by atoms with van der Waals surface area (Å²) in [5.74, 6) is -1.01. The van der Waals surface area contributed by atoms with Gasteiger partial charge in [-0.05, 0) is 80.8 Å². The summed E-state index contributed by atoms with van der Waals surface area (Å²) in [6.45, 7) is 7.64. The van der Waals surface area contributed by atoms with Crippen LogP contribution in [0, 0.1) is 11.3 Å². The first-order valence-electron chi connectivity index (χ1n) is 13.4. The number of Topliss-reactive ketones (excluding diaryl/α,β-unsaturated/α-hetero) is 2. The van der Waals surface area contributed by atoms with Crippen LogP contribution in [0.25, 0.3) is 5.52 Å². The topological polar surface area (TPSA) is 74.1 Å². The van der Waals surface area contributed by atoms with Gasteiger partial charge in [-0.25, -0.2) is 0 Å². The molecule has 0 N–H and O–H groups in total. The van der Waals surface area contributed by atoms with E-state index in [-0.39, 0.29) is 30.1 Å². The molecule has 2 aromatic heterocycles. The van der Waals surface area contributed by atoms with E-state index < -0.39 is 11.5 Å². The first kappa shape index (κ1) is 29.2. The number of ether oxygens (including phenoxy) is 2. The van der Waals surface area contributed by atoms with Crippen LogP contribution in [0.2, 0.25) is 5.02 Å². The third kappa shape index (κ3) is 6.69. The van der Waals surface area contributed by atoms with Crippen LogP contribution in [-0.2, 0) is 27.3 Å². The van der Waals surface area contributed by atoms with Gasteiger partial charge in [-0.3, -0.25) is 14.4 Å². The maximum absolute atomic E-state index is 14.0. The van der Waals surface area contributed by atoms with E-state index >= 15 is 0 Å². The molecule has 0 aliphatic heterocycles. The van der Waals surface area contributed by atoms with Crippen LogP contribution in [0.4, 0.5) is 0 Å². The summed E-state index contributed by atoms with van der Waals surface area (Å²) in [6, 6.07) is 21.7. The molecule has 2 atom stereocenters. The van der Waals surface area contributed by atoms with Crippen molar-refractivity contribution in [3.63, 3.8) is 0 Å². The minimum absolute atomic E-state index is 0.182. The van der Waals surface area contributed by atoms with Gasteiger partial charge in [-0.15, -0.1) is 0 Å². The zero-order chi connectivity index (χ0) is 28.9. The Morgan fingerprint density at radius 2 is 1.62 bits per heavy atom. The van der Waals surface area contributed by atoms with Crippen LogP contribution in [0.15, 0.2) is 85.2 Å². The fraction of sp³-hybridized carbons (Fsp3) is 0.303. The standard InChI is InChI=1S/C33H34ClNO5/c1-5-39-32(38)22(2)17-24-18-28-19-26(15-16-35(28)20-24)30(37)33(3,4)31(40-21-23-9-7-6-8-10-23)29(36)25-11-13-27(34)14-12-25/h6-16,18-20,22,31H,5,17,21H2,1-4H3. The van der Waals surface area contributed by atoms with Crippen LogP contribution in [0.3, 0.4) is 0 Å². The highest BCUT2D eigenvalue weighted by Crippen LogP contribution is 2.32. The molecule has 2 heterocycles. The third-order valence-corrected chi connectivity index (χ3v) is 7.27. The smallest absolute Gasteiger partial charge is 0.308 e. The van der Waals surface area contributed by atoms with Gasteiger partial charge in [-0.1, -0.05) is 48.9 Å². The van der Waals surface area contributed by atoms with Crippen molar-refractivity contribution in [3.8, 4) is 0 Å². The number of ketones is 2. The average Bonchev–Trinajstić information content (AvgIpc) is 3.35. The summed E-state index contributed by atoms with van der Waals surface area (Å²) in [5.41, 5.74) is 2.39. The molecule has 6 nitrogen and oxygen atoms in total. The number of pyridine rings is 1. The van der Waals surface area contributed by atoms with E-state index in [4.69, 9.17) is 21.1 Å². The zero-order valence-corrected chi connectivity index (χ0v) is 24.0. The second kappa shape index (κ2) is 12.6. The first-order valence-corrected chi connectivity index (χ1v) is 13.7. The lowest BCUT2D eigenvalue weighted by molar-refractivity contribution is -0.147. The van der Waals surface area contributed by atoms with Crippen LogP contribution in [-0.4, -0.2) is 34.6 Å². The lowest BCUT2D eigenvalue weighted by Crippen LogP contribution is -2.44. The molecular weight excluding hydrogens is 526 g/mol. The van der Waals surface area contributed by atoms with Gasteiger partial charge >= 0.3 is 5.97 Å². The lowest BCUT2D eigenvalue weighted by Gasteiger charge is -2.32. The summed E-state index contributed by atoms with van der Waals surface area (Å²) in [7, 11) is 0. The van der Waals surface area contributed by atoms with Crippen LogP contribution >= 0.6 is 11.6 Å². The van der Waals surface area contributed by atoms with Crippen molar-refractivity contribution in [2.45, 2.75) is 46.8 Å². The number of carbonyl (C=O) groups excluding carboxylic acids is 3. The van der Waals surface area contributed by atoms with E-state index in [1.54, 1.807) is 51.1 Å². The van der Waals surface area contributed by atoms with Gasteiger partial charge < -0.3 is 13.9 Å². The van der Waals surface area contributed by atoms with Gasteiger partial charge in [0, 0.05) is 34.1 Å². The summed E-state index contributed by atoms with van der Waals surface area (Å²) in [5, 5.41) is 0.519. The maximum Gasteiger partial charge on any atom is 0.308 e. The Kier molecular flexibility index (Phi) is 9.23. The number of carbonyl (C=O) groups is 3. The molecule has 2 aromatic carbocycles. The highest BCUT2D eigenvalue weighted by molar-refractivity contribution is 6.30. The van der Waals surface area contributed by atoms with Crippen molar-refractivity contribution in [2.75, 3.05) is 6.61 Å². The molecule has 0 saturated carbocycles. The minimum Gasteiger partial charge on any atom is -0.466 e. The van der Waals surface area contributed by atoms with Crippen molar-refractivity contribution >= 4 is 34.7 Å². The van der Waals surface area contributed by atoms with Gasteiger partial charge in [0.1, 0.15) is 6.10 Å². The van der Waals surface area contributed by atoms with Crippen LogP contribution < -0.4 is 0 Å². The molecule has 0 saturated heterocycles. The fourth-order valence-electron chi connectivity index (χ4n) is 4.76. The predicted molar refractivity (Wildman–Crippen MR) is 156 cm³/mol. The highest BCUT2D eigenvalue weighted by Gasteiger charge is 2.43. The Hall–Kier alpha value is -3.74. The maximum atomic E-state index is 14.0. The molecule has 0 spiro atoms. The molecule has 0 amide bonds. The SMILES string of the molecule is CCOC(=O)C(C)Cc1cc2cc(C(=O)C(C)(C)C(OCc3ccccc3)C(=O)c3ccc(Cl)cc3)ccn2c1. The number of hydrogen-bond acceptors (Lipinski definition) is 5. The van der Waals surface area contributed by atoms with Crippen molar-refractivity contribution in [1.82, 2.24) is 4.40 Å². The molecule has 4 aromatic rings. The Labute approximate surface area is 239 Å². The van der Waals surface area contributed by atoms with Gasteiger partial charge in [0.25, 0.3) is 0 Å². The van der Waals surface area contributed by atoms with Gasteiger partial charge in [0.05, 0.1) is 24.5 Å². The Morgan fingerprint density at radius 1 is 0.925 bits per heavy atom. The number of fused-ring (bicyclic) bond motifs is 1. The summed E-state index contributed by atoms with van der Waals surface area (Å²) in [6.07, 6.45) is 3.25. The molecule has 40 heavy (non-hydrogen) atoms. The van der Waals surface area contributed by atoms with E-state index in [1.807, 2.05) is 66.2 Å². The molecule has 0 aliphatic carbocycles. The van der Waals surface area contributed by atoms with Gasteiger partial charge in [0.15, 0.2) is 11.6 Å². The molecule has 2 unspecified atom stereocenters. The zero-order valence-electron chi connectivity index (χ0n) is 23.2. The lowest BCUT2D eigenvalue weighted by atomic mass is 9.76. The second-order valence-corrected chi connectivity index (χ2v) is 11.0. The Bertz CT molecular complexity index is 1490. The molecule has 0 aliphatic rings. The third-order valence-electron chi connectivity index (χ3n) is 7.01. The van der Waals surface area contributed by atoms with Crippen molar-refractivity contribution in [3.05, 3.63) is 112 Å². The molecule has 0 fully saturated rings. The van der Waals surface area contributed by atoms with Crippen LogP contribution in [0.1, 0.15) is 59.5 Å². The number of nitrogens with zero attached hydrogens (tertiary/aromatic N) is 1. The van der Waals surface area contributed by atoms with E-state index in [9.17, 15) is 14.4 Å². The van der Waals surface area contributed by atoms with Crippen molar-refractivity contribution in [2.24, 2.45) is 11.3 Å². The Morgan fingerprint density at radius 3 is 2.30 bits per heavy atom. The molecule has 0 bridgehead atoms. The van der Waals surface area contributed by atoms with Crippen molar-refractivity contribution in [1.29, 1.82) is 0 Å². The molecule has 7 heteroatoms. The van der Waals surface area contributed by atoms with Crippen molar-refractivity contribution < 1.29 is 23.9 Å². The summed E-state index contributed by atoms with van der Waals surface area (Å²) < 4.78 is 13.3. The number of aromatic nitrogens is 1. The largest absolute Gasteiger partial charge is 0.466 e. The van der Waals surface area contributed by atoms with E-state index in [0.717, 1.165) is 16.6 Å². The van der Waals surface area contributed by atoms with Crippen LogP contribution in [0.5, 0.6) is 0 Å². The monoisotopic (exact) mass is 559 g/mol. The van der Waals surface area contributed by atoms with Gasteiger partial charge in [0.2, 0.25) is 0 Å². The number of hydrogen-bond donors (Lipinski definition) is 0. The molecule has 4 rings (SSSR count). The fourth-order valence-corrected chi connectivity index (χ4v) is 4.89. The van der Waals surface area contributed by atoms with E-state index in [0.29, 0.717) is 29.2 Å². The predicted octanol–water partition coefficient (Wildman–Crippen LogP) is 7.01. The quantitative estimate of drug-likeness (QED) is 0.138. The van der Waals surface area contributed by atoms with E-state index in [2.05, 4.69) is 0 Å². The molecular formula is C33H34ClNO5. The minimum atomic E-state index is -1.18. The molecule has 208 valence electrons. The average molecular weight is 560 g/mol.